The average Bonchev–Trinajstić information content (AvgIpc) is 3.13. The molecule has 0 amide bonds. The zero-order chi connectivity index (χ0) is 23.1. The van der Waals surface area contributed by atoms with Gasteiger partial charge in [-0.2, -0.15) is 5.10 Å². The summed E-state index contributed by atoms with van der Waals surface area (Å²) >= 11 is 0. The fraction of sp³-hybridized carbons (Fsp3) is 0.333. The summed E-state index contributed by atoms with van der Waals surface area (Å²) < 4.78 is 30.3. The van der Waals surface area contributed by atoms with E-state index in [1.165, 1.54) is 6.26 Å². The van der Waals surface area contributed by atoms with Crippen LogP contribution < -0.4 is 4.74 Å². The smallest absolute Gasteiger partial charge is 0.304 e. The molecule has 0 saturated heterocycles. The van der Waals surface area contributed by atoms with E-state index in [0.29, 0.717) is 25.3 Å². The predicted octanol–water partition coefficient (Wildman–Crippen LogP) is 4.18. The number of rotatable bonds is 11. The Bertz CT molecular complexity index is 1200. The molecule has 0 unspecified atom stereocenters. The van der Waals surface area contributed by atoms with Gasteiger partial charge in [0.2, 0.25) is 0 Å². The van der Waals surface area contributed by atoms with Crippen LogP contribution in [0.5, 0.6) is 5.75 Å². The van der Waals surface area contributed by atoms with E-state index in [9.17, 15) is 13.2 Å². The van der Waals surface area contributed by atoms with Crippen LogP contribution in [0.2, 0.25) is 0 Å². The maximum atomic E-state index is 11.3. The first-order chi connectivity index (χ1) is 15.2. The molecule has 7 nitrogen and oxygen atoms in total. The molecule has 1 aromatic heterocycles. The van der Waals surface area contributed by atoms with Gasteiger partial charge in [-0.3, -0.25) is 9.48 Å². The summed E-state index contributed by atoms with van der Waals surface area (Å²) in [5, 5.41) is 14.4. The van der Waals surface area contributed by atoms with Crippen molar-refractivity contribution in [1.82, 2.24) is 9.78 Å². The number of nitrogens with zero attached hydrogens (tertiary/aromatic N) is 2. The Balaban J connectivity index is 1.61. The summed E-state index contributed by atoms with van der Waals surface area (Å²) in [5.74, 6) is -0.143. The fourth-order valence-electron chi connectivity index (χ4n) is 3.58. The van der Waals surface area contributed by atoms with E-state index in [-0.39, 0.29) is 18.1 Å². The van der Waals surface area contributed by atoms with Crippen LogP contribution in [-0.4, -0.2) is 41.3 Å². The lowest BCUT2D eigenvalue weighted by molar-refractivity contribution is -0.137. The van der Waals surface area contributed by atoms with E-state index in [1.54, 1.807) is 6.20 Å². The fourth-order valence-corrected chi connectivity index (χ4v) is 4.23. The number of carboxylic acid groups (broad SMARTS) is 1. The molecule has 0 bridgehead atoms. The van der Waals surface area contributed by atoms with Crippen LogP contribution in [0.1, 0.15) is 36.8 Å². The number of carbonyl (C=O) groups is 1. The Morgan fingerprint density at radius 1 is 1.22 bits per heavy atom. The van der Waals surface area contributed by atoms with Crippen LogP contribution in [0.25, 0.3) is 10.9 Å². The van der Waals surface area contributed by atoms with Crippen molar-refractivity contribution in [1.29, 1.82) is 0 Å². The Morgan fingerprint density at radius 2 is 1.97 bits per heavy atom. The second-order valence-electron chi connectivity index (χ2n) is 7.83. The highest BCUT2D eigenvalue weighted by atomic mass is 32.2. The van der Waals surface area contributed by atoms with Crippen LogP contribution in [0.3, 0.4) is 0 Å². The van der Waals surface area contributed by atoms with Gasteiger partial charge in [0.1, 0.15) is 22.2 Å². The molecule has 3 rings (SSSR count). The van der Waals surface area contributed by atoms with Crippen molar-refractivity contribution in [3.05, 3.63) is 71.9 Å². The maximum absolute atomic E-state index is 11.3. The number of fused-ring (bicyclic) bond motifs is 1. The lowest BCUT2D eigenvalue weighted by Gasteiger charge is -2.12. The Morgan fingerprint density at radius 3 is 2.62 bits per heavy atom. The number of aryl methyl sites for hydroxylation is 1. The minimum absolute atomic E-state index is 0.0481. The van der Waals surface area contributed by atoms with E-state index in [0.717, 1.165) is 22.0 Å². The first-order valence-corrected chi connectivity index (χ1v) is 12.5. The van der Waals surface area contributed by atoms with Crippen LogP contribution >= 0.6 is 0 Å². The van der Waals surface area contributed by atoms with E-state index < -0.39 is 15.8 Å². The van der Waals surface area contributed by atoms with Gasteiger partial charge in [-0.1, -0.05) is 30.4 Å². The highest BCUT2D eigenvalue weighted by molar-refractivity contribution is 7.90. The topological polar surface area (TPSA) is 98.5 Å². The number of ether oxygens (including phenoxy) is 1. The normalized spacial score (nSPS) is 12.9. The summed E-state index contributed by atoms with van der Waals surface area (Å²) in [6, 6.07) is 13.5. The lowest BCUT2D eigenvalue weighted by atomic mass is 9.95. The molecule has 0 aliphatic carbocycles. The number of hydrogen-bond donors (Lipinski definition) is 1. The summed E-state index contributed by atoms with van der Waals surface area (Å²) in [6.07, 6.45) is 7.34. The van der Waals surface area contributed by atoms with Crippen LogP contribution in [-0.2, 0) is 27.8 Å². The van der Waals surface area contributed by atoms with Crippen molar-refractivity contribution in [2.45, 2.75) is 38.8 Å². The largest absolute Gasteiger partial charge is 0.489 e. The number of benzene rings is 2. The van der Waals surface area contributed by atoms with Gasteiger partial charge in [-0.15, -0.1) is 0 Å². The molecule has 32 heavy (non-hydrogen) atoms. The van der Waals surface area contributed by atoms with E-state index in [4.69, 9.17) is 9.84 Å². The SMILES string of the molecule is CC=C[C@H](CC(=O)O)c1ccc(OCc2ccc3c(cnn3CCCS(C)(=O)=O)c2)cc1. The van der Waals surface area contributed by atoms with Gasteiger partial charge in [0.15, 0.2) is 0 Å². The first kappa shape index (κ1) is 23.5. The third-order valence-electron chi connectivity index (χ3n) is 5.12. The van der Waals surface area contributed by atoms with Crippen molar-refractivity contribution in [3.63, 3.8) is 0 Å². The maximum Gasteiger partial charge on any atom is 0.304 e. The molecule has 170 valence electrons. The summed E-state index contributed by atoms with van der Waals surface area (Å²) in [7, 11) is -2.97. The van der Waals surface area contributed by atoms with Gasteiger partial charge in [-0.05, 0) is 48.7 Å². The van der Waals surface area contributed by atoms with Crippen molar-refractivity contribution >= 4 is 26.7 Å². The van der Waals surface area contributed by atoms with Gasteiger partial charge in [0.25, 0.3) is 0 Å². The van der Waals surface area contributed by atoms with Gasteiger partial charge in [0.05, 0.1) is 23.9 Å². The minimum atomic E-state index is -2.97. The molecule has 0 radical (unpaired) electrons. The molecule has 2 aromatic carbocycles. The highest BCUT2D eigenvalue weighted by Crippen LogP contribution is 2.25. The molecule has 0 spiro atoms. The zero-order valence-corrected chi connectivity index (χ0v) is 19.1. The van der Waals surface area contributed by atoms with Crippen LogP contribution in [0, 0.1) is 0 Å². The van der Waals surface area contributed by atoms with Gasteiger partial charge in [-0.25, -0.2) is 8.42 Å². The molecule has 1 N–H and O–H groups in total. The molecule has 1 heterocycles. The predicted molar refractivity (Wildman–Crippen MR) is 125 cm³/mol. The monoisotopic (exact) mass is 456 g/mol. The van der Waals surface area contributed by atoms with Gasteiger partial charge >= 0.3 is 5.97 Å². The molecular weight excluding hydrogens is 428 g/mol. The van der Waals surface area contributed by atoms with Crippen molar-refractivity contribution < 1.29 is 23.1 Å². The third kappa shape index (κ3) is 6.68. The number of allylic oxidation sites excluding steroid dienone is 2. The summed E-state index contributed by atoms with van der Waals surface area (Å²) in [4.78, 5) is 11.1. The molecule has 0 saturated carbocycles. The van der Waals surface area contributed by atoms with Crippen molar-refractivity contribution in [2.75, 3.05) is 12.0 Å². The molecule has 3 aromatic rings. The molecule has 1 atom stereocenters. The average molecular weight is 457 g/mol. The van der Waals surface area contributed by atoms with E-state index in [1.807, 2.05) is 66.2 Å². The van der Waals surface area contributed by atoms with E-state index >= 15 is 0 Å². The van der Waals surface area contributed by atoms with Gasteiger partial charge in [0, 0.05) is 24.1 Å². The minimum Gasteiger partial charge on any atom is -0.489 e. The highest BCUT2D eigenvalue weighted by Gasteiger charge is 2.12. The lowest BCUT2D eigenvalue weighted by Crippen LogP contribution is -2.08. The first-order valence-electron chi connectivity index (χ1n) is 10.4. The van der Waals surface area contributed by atoms with E-state index in [2.05, 4.69) is 5.10 Å². The number of hydrogen-bond acceptors (Lipinski definition) is 5. The summed E-state index contributed by atoms with van der Waals surface area (Å²) in [5.41, 5.74) is 2.89. The molecule has 8 heteroatoms. The third-order valence-corrected chi connectivity index (χ3v) is 6.15. The van der Waals surface area contributed by atoms with Crippen LogP contribution in [0.15, 0.2) is 60.8 Å². The standard InChI is InChI=1S/C24H28N2O5S/c1-3-5-20(15-24(27)28)19-7-9-22(10-8-19)31-17-18-6-11-23-21(14-18)16-25-26(23)12-4-13-32(2,29)30/h3,5-11,14,16,20H,4,12-13,15,17H2,1-2H3,(H,27,28)/t20-/m1/s1. The van der Waals surface area contributed by atoms with Crippen molar-refractivity contribution in [3.8, 4) is 5.75 Å². The summed E-state index contributed by atoms with van der Waals surface area (Å²) in [6.45, 7) is 2.82. The van der Waals surface area contributed by atoms with Crippen molar-refractivity contribution in [2.24, 2.45) is 0 Å². The Labute approximate surface area is 188 Å². The zero-order valence-electron chi connectivity index (χ0n) is 18.3. The number of aromatic nitrogens is 2. The number of carboxylic acids is 1. The molecule has 0 aliphatic rings. The number of aliphatic carboxylic acids is 1. The van der Waals surface area contributed by atoms with Crippen LogP contribution in [0.4, 0.5) is 0 Å². The Kier molecular flexibility index (Phi) is 7.69. The number of sulfone groups is 1. The Hall–Kier alpha value is -3.13. The second kappa shape index (κ2) is 10.5. The quantitative estimate of drug-likeness (QED) is 0.435. The molecular formula is C24H28N2O5S. The molecule has 0 fully saturated rings. The molecule has 0 aliphatic heterocycles. The van der Waals surface area contributed by atoms with Gasteiger partial charge < -0.3 is 9.84 Å². The second-order valence-corrected chi connectivity index (χ2v) is 10.1.